The molecule has 1 aromatic carbocycles. The Hall–Kier alpha value is -1.77. The highest BCUT2D eigenvalue weighted by molar-refractivity contribution is 7.78. The van der Waals surface area contributed by atoms with Gasteiger partial charge in [0.25, 0.3) is 0 Å². The molecule has 0 aromatic heterocycles. The molecule has 3 amide bonds. The normalized spacial score (nSPS) is 14.3. The molecule has 0 bridgehead atoms. The van der Waals surface area contributed by atoms with Crippen LogP contribution in [0.25, 0.3) is 0 Å². The van der Waals surface area contributed by atoms with E-state index in [4.69, 9.17) is 9.47 Å². The van der Waals surface area contributed by atoms with Crippen molar-refractivity contribution in [2.45, 2.75) is 25.7 Å². The fraction of sp³-hybridized carbons (Fsp3) is 0.529. The fourth-order valence-electron chi connectivity index (χ4n) is 2.35. The Morgan fingerprint density at radius 1 is 1.20 bits per heavy atom. The average molecular weight is 367 g/mol. The molecule has 1 saturated heterocycles. The van der Waals surface area contributed by atoms with E-state index in [1.54, 1.807) is 11.9 Å². The van der Waals surface area contributed by atoms with Crippen molar-refractivity contribution >= 4 is 24.8 Å². The van der Waals surface area contributed by atoms with E-state index >= 15 is 0 Å². The van der Waals surface area contributed by atoms with Crippen molar-refractivity contribution in [1.82, 2.24) is 14.5 Å². The number of carbonyl (C=O) groups is 2. The molecule has 25 heavy (non-hydrogen) atoms. The van der Waals surface area contributed by atoms with Crippen molar-refractivity contribution in [2.24, 2.45) is 0 Å². The van der Waals surface area contributed by atoms with Crippen LogP contribution in [0.5, 0.6) is 0 Å². The highest BCUT2D eigenvalue weighted by Crippen LogP contribution is 2.10. The van der Waals surface area contributed by atoms with Gasteiger partial charge in [0.15, 0.2) is 6.29 Å². The average Bonchev–Trinajstić information content (AvgIpc) is 3.16. The zero-order chi connectivity index (χ0) is 18.1. The van der Waals surface area contributed by atoms with Gasteiger partial charge in [0.05, 0.1) is 13.2 Å². The Morgan fingerprint density at radius 2 is 1.88 bits per heavy atom. The second-order valence-corrected chi connectivity index (χ2v) is 6.28. The van der Waals surface area contributed by atoms with Crippen LogP contribution in [-0.4, -0.2) is 60.8 Å². The molecule has 138 valence electrons. The summed E-state index contributed by atoms with van der Waals surface area (Å²) in [4.78, 5) is 25.6. The van der Waals surface area contributed by atoms with Gasteiger partial charge in [-0.15, -0.1) is 0 Å². The molecule has 0 radical (unpaired) electrons. The predicted molar refractivity (Wildman–Crippen MR) is 96.9 cm³/mol. The van der Waals surface area contributed by atoms with Crippen molar-refractivity contribution in [1.29, 1.82) is 0 Å². The summed E-state index contributed by atoms with van der Waals surface area (Å²) in [5, 5.41) is 2.83. The van der Waals surface area contributed by atoms with E-state index in [9.17, 15) is 9.59 Å². The number of carbonyl (C=O) groups excluding carboxylic acids is 2. The Balaban J connectivity index is 1.63. The molecule has 2 rings (SSSR count). The van der Waals surface area contributed by atoms with Gasteiger partial charge >= 0.3 is 6.03 Å². The molecule has 1 N–H and O–H groups in total. The number of hydrogen-bond acceptors (Lipinski definition) is 5. The molecule has 1 aromatic rings. The summed E-state index contributed by atoms with van der Waals surface area (Å²) in [6.07, 6.45) is 0.569. The number of ether oxygens (including phenoxy) is 2. The Kier molecular flexibility index (Phi) is 8.03. The maximum absolute atomic E-state index is 12.2. The molecule has 1 aliphatic heterocycles. The van der Waals surface area contributed by atoms with Crippen LogP contribution in [0.3, 0.4) is 0 Å². The second kappa shape index (κ2) is 10.3. The van der Waals surface area contributed by atoms with Gasteiger partial charge in [-0.3, -0.25) is 9.10 Å². The smallest absolute Gasteiger partial charge is 0.329 e. The Labute approximate surface area is 153 Å². The van der Waals surface area contributed by atoms with Gasteiger partial charge in [0.1, 0.15) is 0 Å². The molecule has 0 saturated carbocycles. The Bertz CT molecular complexity index is 552. The third-order valence-electron chi connectivity index (χ3n) is 3.82. The maximum Gasteiger partial charge on any atom is 0.329 e. The summed E-state index contributed by atoms with van der Waals surface area (Å²) in [5.41, 5.74) is 1.03. The maximum atomic E-state index is 12.2. The Morgan fingerprint density at radius 3 is 2.56 bits per heavy atom. The minimum Gasteiger partial charge on any atom is -0.352 e. The largest absolute Gasteiger partial charge is 0.352 e. The number of urea groups is 1. The van der Waals surface area contributed by atoms with Crippen molar-refractivity contribution in [3.8, 4) is 0 Å². The van der Waals surface area contributed by atoms with Crippen molar-refractivity contribution in [3.05, 3.63) is 35.9 Å². The van der Waals surface area contributed by atoms with Gasteiger partial charge in [0, 0.05) is 39.5 Å². The van der Waals surface area contributed by atoms with Crippen LogP contribution in [0, 0.1) is 0 Å². The highest BCUT2D eigenvalue weighted by atomic mass is 32.1. The minimum atomic E-state index is -0.253. The van der Waals surface area contributed by atoms with Gasteiger partial charge in [-0.1, -0.05) is 43.1 Å². The molecule has 0 spiro atoms. The third-order valence-corrected chi connectivity index (χ3v) is 4.19. The minimum absolute atomic E-state index is 0.119. The van der Waals surface area contributed by atoms with E-state index in [1.165, 1.54) is 4.31 Å². The molecule has 8 heteroatoms. The van der Waals surface area contributed by atoms with E-state index in [2.05, 4.69) is 18.1 Å². The molecule has 1 heterocycles. The van der Waals surface area contributed by atoms with E-state index in [-0.39, 0.29) is 31.2 Å². The summed E-state index contributed by atoms with van der Waals surface area (Å²) in [6.45, 7) is 2.41. The zero-order valence-electron chi connectivity index (χ0n) is 14.4. The van der Waals surface area contributed by atoms with Crippen molar-refractivity contribution < 1.29 is 19.1 Å². The number of benzene rings is 1. The van der Waals surface area contributed by atoms with Crippen LogP contribution in [0.4, 0.5) is 4.79 Å². The number of nitrogens with one attached hydrogen (secondary N) is 1. The van der Waals surface area contributed by atoms with Gasteiger partial charge < -0.3 is 19.7 Å². The molecule has 1 aliphatic rings. The fourth-order valence-corrected chi connectivity index (χ4v) is 2.61. The topological polar surface area (TPSA) is 71.1 Å². The molecule has 0 unspecified atom stereocenters. The summed E-state index contributed by atoms with van der Waals surface area (Å²) in [5.74, 6) is -0.119. The SMILES string of the molecule is CN(CCC1OCCO1)C(=O)N(S)CCC(=O)NCc1ccccc1. The van der Waals surface area contributed by atoms with Gasteiger partial charge in [0.2, 0.25) is 5.91 Å². The number of hydrogen-bond donors (Lipinski definition) is 2. The lowest BCUT2D eigenvalue weighted by atomic mass is 10.2. The molecule has 7 nitrogen and oxygen atoms in total. The van der Waals surface area contributed by atoms with Gasteiger partial charge in [-0.05, 0) is 5.56 Å². The van der Waals surface area contributed by atoms with Crippen LogP contribution in [-0.2, 0) is 20.8 Å². The zero-order valence-corrected chi connectivity index (χ0v) is 15.3. The quantitative estimate of drug-likeness (QED) is 0.686. The molecular weight excluding hydrogens is 342 g/mol. The van der Waals surface area contributed by atoms with Crippen LogP contribution in [0.15, 0.2) is 30.3 Å². The molecule has 0 aliphatic carbocycles. The van der Waals surface area contributed by atoms with Gasteiger partial charge in [-0.2, -0.15) is 0 Å². The van der Waals surface area contributed by atoms with Crippen molar-refractivity contribution in [3.63, 3.8) is 0 Å². The second-order valence-electron chi connectivity index (χ2n) is 5.80. The molecule has 0 atom stereocenters. The first-order valence-corrected chi connectivity index (χ1v) is 8.71. The summed E-state index contributed by atoms with van der Waals surface area (Å²) in [6, 6.07) is 9.41. The standard InChI is InChI=1S/C17H25N3O4S/c1-19(9-8-16-23-11-12-24-16)17(22)20(25)10-7-15(21)18-13-14-5-3-2-4-6-14/h2-6,16,25H,7-13H2,1H3,(H,18,21). The van der Waals surface area contributed by atoms with Crippen LogP contribution >= 0.6 is 12.8 Å². The van der Waals surface area contributed by atoms with E-state index in [1.807, 2.05) is 30.3 Å². The number of amides is 3. The predicted octanol–water partition coefficient (Wildman–Crippen LogP) is 1.65. The van der Waals surface area contributed by atoms with Gasteiger partial charge in [-0.25, -0.2) is 4.79 Å². The first-order chi connectivity index (χ1) is 12.1. The molecule has 1 fully saturated rings. The molecular formula is C17H25N3O4S. The lowest BCUT2D eigenvalue weighted by Gasteiger charge is -2.24. The summed E-state index contributed by atoms with van der Waals surface area (Å²) < 4.78 is 11.9. The lowest BCUT2D eigenvalue weighted by Crippen LogP contribution is -2.39. The first-order valence-electron chi connectivity index (χ1n) is 8.31. The van der Waals surface area contributed by atoms with Crippen LogP contribution < -0.4 is 5.32 Å². The monoisotopic (exact) mass is 367 g/mol. The number of thiol groups is 1. The lowest BCUT2D eigenvalue weighted by molar-refractivity contribution is -0.121. The summed E-state index contributed by atoms with van der Waals surface area (Å²) in [7, 11) is 1.69. The third kappa shape index (κ3) is 6.93. The van der Waals surface area contributed by atoms with E-state index < -0.39 is 0 Å². The van der Waals surface area contributed by atoms with Crippen LogP contribution in [0.1, 0.15) is 18.4 Å². The first kappa shape index (κ1) is 19.6. The van der Waals surface area contributed by atoms with Crippen LogP contribution in [0.2, 0.25) is 0 Å². The van der Waals surface area contributed by atoms with E-state index in [0.29, 0.717) is 32.7 Å². The highest BCUT2D eigenvalue weighted by Gasteiger charge is 2.20. The summed E-state index contributed by atoms with van der Waals surface area (Å²) >= 11 is 4.18. The van der Waals surface area contributed by atoms with Crippen molar-refractivity contribution in [2.75, 3.05) is 33.4 Å². The van der Waals surface area contributed by atoms with E-state index in [0.717, 1.165) is 5.56 Å². The number of rotatable bonds is 8. The number of nitrogens with zero attached hydrogens (tertiary/aromatic N) is 2.